The summed E-state index contributed by atoms with van der Waals surface area (Å²) in [5, 5.41) is 11.4. The Hall–Kier alpha value is -2.22. The van der Waals surface area contributed by atoms with Crippen LogP contribution in [-0.2, 0) is 11.3 Å². The third kappa shape index (κ3) is 4.88. The van der Waals surface area contributed by atoms with Crippen molar-refractivity contribution in [3.05, 3.63) is 40.9 Å². The number of nitrogens with zero attached hydrogens (tertiary/aromatic N) is 3. The topological polar surface area (TPSA) is 67.3 Å². The molecule has 6 nitrogen and oxygen atoms in total. The summed E-state index contributed by atoms with van der Waals surface area (Å²) < 4.78 is 19.7. The molecule has 3 rings (SSSR count). The fraction of sp³-hybridized carbons (Fsp3) is 0.471. The maximum Gasteiger partial charge on any atom is 0.410 e. The Kier molecular flexibility index (Phi) is 5.80. The number of carbonyl (C=O) groups excluding carboxylic acids is 1. The van der Waals surface area contributed by atoms with Gasteiger partial charge in [-0.3, -0.25) is 0 Å². The Balaban J connectivity index is 1.43. The first-order valence-corrected chi connectivity index (χ1v) is 9.11. The van der Waals surface area contributed by atoms with Gasteiger partial charge in [0.2, 0.25) is 5.13 Å². The molecule has 0 unspecified atom stereocenters. The van der Waals surface area contributed by atoms with Gasteiger partial charge in [0.05, 0.1) is 6.54 Å². The Bertz CT molecular complexity index is 680. The summed E-state index contributed by atoms with van der Waals surface area (Å²) in [5.41, 5.74) is 3.70. The molecule has 1 saturated heterocycles. The second-order valence-corrected chi connectivity index (χ2v) is 7.01. The Morgan fingerprint density at radius 3 is 2.92 bits per heavy atom. The highest BCUT2D eigenvalue weighted by Crippen LogP contribution is 2.22. The Morgan fingerprint density at radius 1 is 1.44 bits per heavy atom. The predicted octanol–water partition coefficient (Wildman–Crippen LogP) is 3.26. The van der Waals surface area contributed by atoms with Gasteiger partial charge in [0, 0.05) is 19.0 Å². The first kappa shape index (κ1) is 17.6. The van der Waals surface area contributed by atoms with Gasteiger partial charge < -0.3 is 15.0 Å². The van der Waals surface area contributed by atoms with E-state index in [2.05, 4.69) is 15.5 Å². The number of benzene rings is 1. The van der Waals surface area contributed by atoms with Crippen molar-refractivity contribution in [1.82, 2.24) is 15.1 Å². The highest BCUT2D eigenvalue weighted by atomic mass is 32.1. The van der Waals surface area contributed by atoms with Crippen LogP contribution in [0.2, 0.25) is 0 Å². The third-order valence-corrected chi connectivity index (χ3v) is 4.94. The van der Waals surface area contributed by atoms with Crippen LogP contribution in [0.1, 0.15) is 17.5 Å². The number of aryl methyl sites for hydroxylation is 1. The SMILES string of the molecule is Cc1ccc(COC(=O)N2CC[C@H](CNc3nncs3)[C@H](F)C2)cc1. The minimum Gasteiger partial charge on any atom is -0.445 e. The number of aromatic nitrogens is 2. The molecule has 1 aromatic heterocycles. The molecule has 1 aliphatic heterocycles. The third-order valence-electron chi connectivity index (χ3n) is 4.29. The zero-order chi connectivity index (χ0) is 17.6. The number of piperidine rings is 1. The van der Waals surface area contributed by atoms with E-state index in [1.165, 1.54) is 16.2 Å². The van der Waals surface area contributed by atoms with Crippen molar-refractivity contribution in [3.63, 3.8) is 0 Å². The molecule has 1 N–H and O–H groups in total. The van der Waals surface area contributed by atoms with Crippen molar-refractivity contribution in [2.24, 2.45) is 5.92 Å². The van der Waals surface area contributed by atoms with Gasteiger partial charge in [0.1, 0.15) is 18.3 Å². The number of ether oxygens (including phenoxy) is 1. The molecule has 1 aromatic carbocycles. The van der Waals surface area contributed by atoms with E-state index in [4.69, 9.17) is 4.74 Å². The van der Waals surface area contributed by atoms with Crippen LogP contribution >= 0.6 is 11.3 Å². The largest absolute Gasteiger partial charge is 0.445 e. The summed E-state index contributed by atoms with van der Waals surface area (Å²) in [6, 6.07) is 7.78. The molecule has 2 atom stereocenters. The maximum absolute atomic E-state index is 14.4. The summed E-state index contributed by atoms with van der Waals surface area (Å²) in [4.78, 5) is 13.6. The van der Waals surface area contributed by atoms with Crippen molar-refractivity contribution < 1.29 is 13.9 Å². The second-order valence-electron chi connectivity index (χ2n) is 6.18. The number of nitrogens with one attached hydrogen (secondary N) is 1. The molecule has 2 heterocycles. The minimum atomic E-state index is -1.08. The average Bonchev–Trinajstić information content (AvgIpc) is 3.13. The van der Waals surface area contributed by atoms with E-state index in [0.29, 0.717) is 24.6 Å². The van der Waals surface area contributed by atoms with Gasteiger partial charge in [-0.05, 0) is 18.9 Å². The maximum atomic E-state index is 14.4. The van der Waals surface area contributed by atoms with Crippen LogP contribution in [-0.4, -0.2) is 47.0 Å². The lowest BCUT2D eigenvalue weighted by molar-refractivity contribution is 0.0544. The van der Waals surface area contributed by atoms with E-state index < -0.39 is 12.3 Å². The molecule has 134 valence electrons. The zero-order valence-corrected chi connectivity index (χ0v) is 14.8. The van der Waals surface area contributed by atoms with Crippen LogP contribution < -0.4 is 5.32 Å². The normalized spacial score (nSPS) is 20.3. The van der Waals surface area contributed by atoms with Gasteiger partial charge in [-0.2, -0.15) is 0 Å². The molecular formula is C17H21FN4O2S. The number of amides is 1. The number of anilines is 1. The number of carbonyl (C=O) groups is 1. The molecule has 0 bridgehead atoms. The number of hydrogen-bond acceptors (Lipinski definition) is 6. The van der Waals surface area contributed by atoms with E-state index >= 15 is 0 Å². The monoisotopic (exact) mass is 364 g/mol. The molecule has 25 heavy (non-hydrogen) atoms. The molecule has 0 spiro atoms. The number of hydrogen-bond donors (Lipinski definition) is 1. The lowest BCUT2D eigenvalue weighted by atomic mass is 9.95. The van der Waals surface area contributed by atoms with Crippen molar-refractivity contribution in [2.45, 2.75) is 26.1 Å². The van der Waals surface area contributed by atoms with Crippen molar-refractivity contribution in [2.75, 3.05) is 25.0 Å². The van der Waals surface area contributed by atoms with E-state index in [0.717, 1.165) is 11.1 Å². The van der Waals surface area contributed by atoms with E-state index in [9.17, 15) is 9.18 Å². The van der Waals surface area contributed by atoms with E-state index in [1.807, 2.05) is 31.2 Å². The van der Waals surface area contributed by atoms with Crippen molar-refractivity contribution in [3.8, 4) is 0 Å². The minimum absolute atomic E-state index is 0.0647. The van der Waals surface area contributed by atoms with Crippen LogP contribution in [0.15, 0.2) is 29.8 Å². The summed E-state index contributed by atoms with van der Waals surface area (Å²) in [6.07, 6.45) is -0.952. The van der Waals surface area contributed by atoms with Gasteiger partial charge in [0.15, 0.2) is 0 Å². The number of halogens is 1. The molecule has 8 heteroatoms. The first-order valence-electron chi connectivity index (χ1n) is 8.23. The fourth-order valence-electron chi connectivity index (χ4n) is 2.74. The summed E-state index contributed by atoms with van der Waals surface area (Å²) in [5.74, 6) is -0.148. The van der Waals surface area contributed by atoms with Crippen LogP contribution in [0, 0.1) is 12.8 Å². The highest BCUT2D eigenvalue weighted by Gasteiger charge is 2.32. The lowest BCUT2D eigenvalue weighted by Gasteiger charge is -2.34. The second kappa shape index (κ2) is 8.24. The van der Waals surface area contributed by atoms with E-state index in [1.54, 1.807) is 5.51 Å². The van der Waals surface area contributed by atoms with Gasteiger partial charge in [0.25, 0.3) is 0 Å². The number of rotatable bonds is 5. The average molecular weight is 364 g/mol. The van der Waals surface area contributed by atoms with Gasteiger partial charge in [-0.1, -0.05) is 41.2 Å². The standard InChI is InChI=1S/C17H21FN4O2S/c1-12-2-4-13(5-3-12)10-24-17(23)22-7-6-14(15(18)9-22)8-19-16-21-20-11-25-16/h2-5,11,14-15H,6-10H2,1H3,(H,19,21)/t14-,15-/m1/s1. The molecule has 0 radical (unpaired) electrons. The van der Waals surface area contributed by atoms with Gasteiger partial charge >= 0.3 is 6.09 Å². The van der Waals surface area contributed by atoms with E-state index in [-0.39, 0.29) is 19.1 Å². The van der Waals surface area contributed by atoms with Crippen LogP contribution in [0.4, 0.5) is 14.3 Å². The number of likely N-dealkylation sites (tertiary alicyclic amines) is 1. The van der Waals surface area contributed by atoms with Crippen molar-refractivity contribution >= 4 is 22.6 Å². The molecular weight excluding hydrogens is 343 g/mol. The summed E-state index contributed by atoms with van der Waals surface area (Å²) in [6.45, 7) is 3.25. The lowest BCUT2D eigenvalue weighted by Crippen LogP contribution is -2.46. The first-order chi connectivity index (χ1) is 12.1. The van der Waals surface area contributed by atoms with Crippen molar-refractivity contribution in [1.29, 1.82) is 0 Å². The quantitative estimate of drug-likeness (QED) is 0.882. The van der Waals surface area contributed by atoms with Crippen LogP contribution in [0.25, 0.3) is 0 Å². The molecule has 1 fully saturated rings. The predicted molar refractivity (Wildman–Crippen MR) is 94.3 cm³/mol. The molecule has 0 aliphatic carbocycles. The summed E-state index contributed by atoms with van der Waals surface area (Å²) in [7, 11) is 0. The molecule has 2 aromatic rings. The Morgan fingerprint density at radius 2 is 2.24 bits per heavy atom. The van der Waals surface area contributed by atoms with Gasteiger partial charge in [-0.25, -0.2) is 9.18 Å². The molecule has 1 amide bonds. The fourth-order valence-corrected chi connectivity index (χ4v) is 3.19. The zero-order valence-electron chi connectivity index (χ0n) is 14.0. The van der Waals surface area contributed by atoms with Crippen LogP contribution in [0.3, 0.4) is 0 Å². The summed E-state index contributed by atoms with van der Waals surface area (Å²) >= 11 is 1.38. The molecule has 1 aliphatic rings. The number of alkyl halides is 1. The Labute approximate surface area is 150 Å². The smallest absolute Gasteiger partial charge is 0.410 e. The van der Waals surface area contributed by atoms with Gasteiger partial charge in [-0.15, -0.1) is 10.2 Å². The van der Waals surface area contributed by atoms with Crippen LogP contribution in [0.5, 0.6) is 0 Å². The highest BCUT2D eigenvalue weighted by molar-refractivity contribution is 7.13. The molecule has 0 saturated carbocycles.